The van der Waals surface area contributed by atoms with E-state index >= 15 is 0 Å². The third-order valence-electron chi connectivity index (χ3n) is 1.74. The van der Waals surface area contributed by atoms with Crippen LogP contribution in [0.1, 0.15) is 18.4 Å². The Balaban J connectivity index is 2.21. The minimum atomic E-state index is -0.564. The number of ether oxygens (including phenoxy) is 1. The number of aromatic nitrogens is 1. The smallest absolute Gasteiger partial charge is 0.250 e. The number of nitrogens with zero attached hydrogens (tertiary/aromatic N) is 2. The predicted molar refractivity (Wildman–Crippen MR) is 42.6 cm³/mol. The largest absolute Gasteiger partial charge is 0.472 e. The van der Waals surface area contributed by atoms with Crippen LogP contribution in [0.2, 0.25) is 0 Å². The molecule has 3 nitrogen and oxygen atoms in total. The zero-order valence-corrected chi connectivity index (χ0v) is 6.83. The van der Waals surface area contributed by atoms with Crippen LogP contribution >= 0.6 is 0 Å². The van der Waals surface area contributed by atoms with Gasteiger partial charge in [-0.1, -0.05) is 0 Å². The third-order valence-corrected chi connectivity index (χ3v) is 1.74. The van der Waals surface area contributed by atoms with Gasteiger partial charge in [-0.2, -0.15) is 5.26 Å². The lowest BCUT2D eigenvalue weighted by atomic mass is 10.3. The summed E-state index contributed by atoms with van der Waals surface area (Å²) in [5, 5.41) is 8.45. The van der Waals surface area contributed by atoms with Crippen molar-refractivity contribution >= 4 is 0 Å². The second kappa shape index (κ2) is 3.02. The maximum Gasteiger partial charge on any atom is 0.250 e. The van der Waals surface area contributed by atoms with E-state index in [0.29, 0.717) is 0 Å². The maximum atomic E-state index is 13.1. The van der Waals surface area contributed by atoms with Gasteiger partial charge in [-0.05, 0) is 18.9 Å². The van der Waals surface area contributed by atoms with Gasteiger partial charge in [0.1, 0.15) is 12.2 Å². The van der Waals surface area contributed by atoms with Gasteiger partial charge in [0.15, 0.2) is 5.82 Å². The first-order valence-corrected chi connectivity index (χ1v) is 4.02. The first-order chi connectivity index (χ1) is 6.29. The Hall–Kier alpha value is -1.63. The van der Waals surface area contributed by atoms with Crippen LogP contribution in [0.3, 0.4) is 0 Å². The molecule has 1 aliphatic rings. The topological polar surface area (TPSA) is 45.9 Å². The molecule has 2 rings (SSSR count). The molecule has 1 heterocycles. The van der Waals surface area contributed by atoms with Gasteiger partial charge in [-0.15, -0.1) is 0 Å². The summed E-state index contributed by atoms with van der Waals surface area (Å²) in [6, 6.07) is 2.94. The van der Waals surface area contributed by atoms with E-state index in [1.54, 1.807) is 6.07 Å². The van der Waals surface area contributed by atoms with Crippen molar-refractivity contribution in [1.29, 1.82) is 5.26 Å². The van der Waals surface area contributed by atoms with Crippen molar-refractivity contribution in [3.05, 3.63) is 23.6 Å². The molecular formula is C9H7FN2O. The summed E-state index contributed by atoms with van der Waals surface area (Å²) in [7, 11) is 0. The summed E-state index contributed by atoms with van der Waals surface area (Å²) >= 11 is 0. The summed E-state index contributed by atoms with van der Waals surface area (Å²) in [5.74, 6) is -0.563. The fourth-order valence-electron chi connectivity index (χ4n) is 0.917. The highest BCUT2D eigenvalue weighted by Gasteiger charge is 2.25. The summed E-state index contributed by atoms with van der Waals surface area (Å²) in [5.41, 5.74) is 0.209. The molecule has 0 radical (unpaired) electrons. The number of hydrogen-bond acceptors (Lipinski definition) is 3. The van der Waals surface area contributed by atoms with Crippen LogP contribution < -0.4 is 4.74 Å². The van der Waals surface area contributed by atoms with E-state index in [-0.39, 0.29) is 17.5 Å². The Bertz CT molecular complexity index is 368. The van der Waals surface area contributed by atoms with Gasteiger partial charge in [0.05, 0.1) is 5.56 Å². The molecule has 0 bridgehead atoms. The summed E-state index contributed by atoms with van der Waals surface area (Å²) in [6.45, 7) is 0. The van der Waals surface area contributed by atoms with Gasteiger partial charge >= 0.3 is 0 Å². The summed E-state index contributed by atoms with van der Waals surface area (Å²) < 4.78 is 18.2. The Morgan fingerprint density at radius 1 is 1.62 bits per heavy atom. The highest BCUT2D eigenvalue weighted by atomic mass is 19.1. The van der Waals surface area contributed by atoms with Crippen molar-refractivity contribution in [1.82, 2.24) is 4.98 Å². The van der Waals surface area contributed by atoms with E-state index in [1.807, 2.05) is 0 Å². The molecule has 0 aliphatic heterocycles. The molecular weight excluding hydrogens is 171 g/mol. The Kier molecular flexibility index (Phi) is 1.85. The summed E-state index contributed by atoms with van der Waals surface area (Å²) in [6.07, 6.45) is 3.35. The lowest BCUT2D eigenvalue weighted by molar-refractivity contribution is 0.274. The molecule has 0 amide bonds. The summed E-state index contributed by atoms with van der Waals surface area (Å²) in [4.78, 5) is 3.71. The molecule has 0 aromatic carbocycles. The van der Waals surface area contributed by atoms with Crippen LogP contribution in [-0.4, -0.2) is 11.1 Å². The number of rotatable bonds is 2. The highest BCUT2D eigenvalue weighted by Crippen LogP contribution is 2.26. The number of nitriles is 1. The third kappa shape index (κ3) is 1.75. The zero-order chi connectivity index (χ0) is 9.26. The quantitative estimate of drug-likeness (QED) is 0.691. The van der Waals surface area contributed by atoms with Gasteiger partial charge in [0.2, 0.25) is 0 Å². The lowest BCUT2D eigenvalue weighted by Gasteiger charge is -2.03. The molecule has 4 heteroatoms. The SMILES string of the molecule is N#Cc1cnc(OC2CC2)c(F)c1. The van der Waals surface area contributed by atoms with E-state index in [9.17, 15) is 4.39 Å². The van der Waals surface area contributed by atoms with Gasteiger partial charge in [0.25, 0.3) is 5.88 Å². The molecule has 1 fully saturated rings. The van der Waals surface area contributed by atoms with Crippen molar-refractivity contribution in [2.45, 2.75) is 18.9 Å². The Morgan fingerprint density at radius 2 is 2.38 bits per heavy atom. The monoisotopic (exact) mass is 178 g/mol. The second-order valence-corrected chi connectivity index (χ2v) is 2.94. The molecule has 66 valence electrons. The maximum absolute atomic E-state index is 13.1. The molecule has 0 atom stereocenters. The second-order valence-electron chi connectivity index (χ2n) is 2.94. The van der Waals surface area contributed by atoms with Crippen LogP contribution in [-0.2, 0) is 0 Å². The predicted octanol–water partition coefficient (Wildman–Crippen LogP) is 1.63. The molecule has 1 aliphatic carbocycles. The van der Waals surface area contributed by atoms with Crippen molar-refractivity contribution < 1.29 is 9.13 Å². The van der Waals surface area contributed by atoms with Gasteiger partial charge in [-0.25, -0.2) is 9.37 Å². The highest BCUT2D eigenvalue weighted by molar-refractivity contribution is 5.29. The molecule has 1 saturated carbocycles. The molecule has 0 saturated heterocycles. The minimum absolute atomic E-state index is 0.00139. The number of halogens is 1. The zero-order valence-electron chi connectivity index (χ0n) is 6.83. The molecule has 13 heavy (non-hydrogen) atoms. The average molecular weight is 178 g/mol. The standard InChI is InChI=1S/C9H7FN2O/c10-8-3-6(4-11)5-12-9(8)13-7-1-2-7/h3,5,7H,1-2H2. The van der Waals surface area contributed by atoms with Crippen LogP contribution in [0.5, 0.6) is 5.88 Å². The van der Waals surface area contributed by atoms with E-state index in [0.717, 1.165) is 18.9 Å². The first-order valence-electron chi connectivity index (χ1n) is 4.02. The minimum Gasteiger partial charge on any atom is -0.472 e. The van der Waals surface area contributed by atoms with Crippen molar-refractivity contribution in [2.75, 3.05) is 0 Å². The number of pyridine rings is 1. The first kappa shape index (κ1) is 7.99. The molecule has 0 unspecified atom stereocenters. The van der Waals surface area contributed by atoms with Crippen LogP contribution in [0, 0.1) is 17.1 Å². The molecule has 1 aromatic rings. The van der Waals surface area contributed by atoms with E-state index in [2.05, 4.69) is 4.98 Å². The van der Waals surface area contributed by atoms with Gasteiger partial charge in [-0.3, -0.25) is 0 Å². The van der Waals surface area contributed by atoms with E-state index < -0.39 is 5.82 Å². The van der Waals surface area contributed by atoms with Crippen molar-refractivity contribution in [3.8, 4) is 11.9 Å². The Morgan fingerprint density at radius 3 is 2.92 bits per heavy atom. The van der Waals surface area contributed by atoms with Crippen molar-refractivity contribution in [3.63, 3.8) is 0 Å². The van der Waals surface area contributed by atoms with Crippen LogP contribution in [0.25, 0.3) is 0 Å². The number of hydrogen-bond donors (Lipinski definition) is 0. The normalized spacial score (nSPS) is 15.1. The average Bonchev–Trinajstić information content (AvgIpc) is 2.92. The van der Waals surface area contributed by atoms with Crippen LogP contribution in [0.4, 0.5) is 4.39 Å². The van der Waals surface area contributed by atoms with E-state index in [4.69, 9.17) is 10.00 Å². The molecule has 0 N–H and O–H groups in total. The van der Waals surface area contributed by atoms with E-state index in [1.165, 1.54) is 6.20 Å². The molecule has 1 aromatic heterocycles. The molecule has 0 spiro atoms. The van der Waals surface area contributed by atoms with Gasteiger partial charge in [0, 0.05) is 6.20 Å². The fourth-order valence-corrected chi connectivity index (χ4v) is 0.917. The lowest BCUT2D eigenvalue weighted by Crippen LogP contribution is -2.00. The Labute approximate surface area is 74.8 Å². The van der Waals surface area contributed by atoms with Crippen LogP contribution in [0.15, 0.2) is 12.3 Å². The van der Waals surface area contributed by atoms with Gasteiger partial charge < -0.3 is 4.74 Å². The van der Waals surface area contributed by atoms with Crippen molar-refractivity contribution in [2.24, 2.45) is 0 Å². The fraction of sp³-hybridized carbons (Fsp3) is 0.333.